The molecule has 0 unspecified atom stereocenters. The fraction of sp³-hybridized carbons (Fsp3) is 0.208. The number of para-hydroxylation sites is 3. The monoisotopic (exact) mass is 375 g/mol. The third kappa shape index (κ3) is 5.36. The molecule has 0 aliphatic rings. The fourth-order valence-electron chi connectivity index (χ4n) is 2.92. The third-order valence-corrected chi connectivity index (χ3v) is 4.28. The van der Waals surface area contributed by atoms with Crippen molar-refractivity contribution in [1.82, 2.24) is 0 Å². The lowest BCUT2D eigenvalue weighted by molar-refractivity contribution is 0.102. The van der Waals surface area contributed by atoms with E-state index in [-0.39, 0.29) is 5.91 Å². The Balaban J connectivity index is 1.61. The summed E-state index contributed by atoms with van der Waals surface area (Å²) in [6.45, 7) is 2.98. The number of benzene rings is 3. The van der Waals surface area contributed by atoms with Crippen molar-refractivity contribution >= 4 is 11.6 Å². The molecule has 1 amide bonds. The highest BCUT2D eigenvalue weighted by atomic mass is 16.5. The molecule has 3 rings (SSSR count). The van der Waals surface area contributed by atoms with E-state index in [1.165, 1.54) is 5.56 Å². The first kappa shape index (κ1) is 19.5. The second-order valence-corrected chi connectivity index (χ2v) is 6.32. The lowest BCUT2D eigenvalue weighted by Gasteiger charge is -2.14. The number of ether oxygens (including phenoxy) is 2. The molecule has 0 spiro atoms. The van der Waals surface area contributed by atoms with Gasteiger partial charge in [0.1, 0.15) is 11.5 Å². The Bertz CT molecular complexity index is 893. The van der Waals surface area contributed by atoms with Crippen LogP contribution in [0.4, 0.5) is 5.69 Å². The van der Waals surface area contributed by atoms with Gasteiger partial charge in [0.05, 0.1) is 24.5 Å². The number of carbonyl (C=O) groups is 1. The van der Waals surface area contributed by atoms with Gasteiger partial charge in [0.15, 0.2) is 0 Å². The van der Waals surface area contributed by atoms with Gasteiger partial charge in [-0.05, 0) is 49.6 Å². The molecule has 0 aromatic heterocycles. The van der Waals surface area contributed by atoms with Crippen LogP contribution in [0.3, 0.4) is 0 Å². The molecule has 1 N–H and O–H groups in total. The molecule has 4 nitrogen and oxygen atoms in total. The van der Waals surface area contributed by atoms with Crippen LogP contribution in [0.5, 0.6) is 11.5 Å². The summed E-state index contributed by atoms with van der Waals surface area (Å²) >= 11 is 0. The Labute approximate surface area is 166 Å². The number of rotatable bonds is 9. The number of aryl methyl sites for hydroxylation is 1. The number of amides is 1. The van der Waals surface area contributed by atoms with Crippen molar-refractivity contribution in [1.29, 1.82) is 0 Å². The first-order valence-electron chi connectivity index (χ1n) is 9.57. The highest BCUT2D eigenvalue weighted by Gasteiger charge is 2.14. The summed E-state index contributed by atoms with van der Waals surface area (Å²) in [7, 11) is 0. The topological polar surface area (TPSA) is 47.6 Å². The summed E-state index contributed by atoms with van der Waals surface area (Å²) in [6, 6.07) is 25.0. The highest BCUT2D eigenvalue weighted by molar-refractivity contribution is 6.06. The lowest BCUT2D eigenvalue weighted by Crippen LogP contribution is -2.14. The van der Waals surface area contributed by atoms with E-state index in [4.69, 9.17) is 9.47 Å². The van der Waals surface area contributed by atoms with E-state index in [0.29, 0.717) is 36.0 Å². The van der Waals surface area contributed by atoms with Crippen LogP contribution in [0.15, 0.2) is 78.9 Å². The number of hydrogen-bond acceptors (Lipinski definition) is 3. The predicted octanol–water partition coefficient (Wildman–Crippen LogP) is 5.35. The van der Waals surface area contributed by atoms with E-state index < -0.39 is 0 Å². The molecular weight excluding hydrogens is 350 g/mol. The van der Waals surface area contributed by atoms with Crippen LogP contribution in [-0.2, 0) is 6.42 Å². The van der Waals surface area contributed by atoms with Gasteiger partial charge < -0.3 is 14.8 Å². The quantitative estimate of drug-likeness (QED) is 0.513. The zero-order valence-corrected chi connectivity index (χ0v) is 16.1. The first-order valence-corrected chi connectivity index (χ1v) is 9.57. The van der Waals surface area contributed by atoms with Crippen molar-refractivity contribution in [3.05, 3.63) is 90.0 Å². The molecule has 0 saturated carbocycles. The molecule has 0 fully saturated rings. The van der Waals surface area contributed by atoms with Crippen LogP contribution in [0.25, 0.3) is 0 Å². The summed E-state index contributed by atoms with van der Waals surface area (Å²) in [5.74, 6) is 1.02. The Morgan fingerprint density at radius 3 is 2.29 bits per heavy atom. The number of hydrogen-bond donors (Lipinski definition) is 1. The van der Waals surface area contributed by atoms with E-state index >= 15 is 0 Å². The zero-order chi connectivity index (χ0) is 19.6. The normalized spacial score (nSPS) is 10.3. The van der Waals surface area contributed by atoms with Crippen LogP contribution >= 0.6 is 0 Å². The number of anilines is 1. The summed E-state index contributed by atoms with van der Waals surface area (Å²) in [5.41, 5.74) is 2.45. The average molecular weight is 375 g/mol. The van der Waals surface area contributed by atoms with E-state index in [1.807, 2.05) is 61.5 Å². The van der Waals surface area contributed by atoms with Gasteiger partial charge in [-0.25, -0.2) is 0 Å². The molecule has 3 aromatic carbocycles. The molecule has 144 valence electrons. The average Bonchev–Trinajstić information content (AvgIpc) is 2.73. The smallest absolute Gasteiger partial charge is 0.259 e. The molecule has 3 aromatic rings. The standard InChI is InChI=1S/C24H25NO3/c1-2-27-22-16-8-6-14-20(22)24(26)25-21-15-7-9-17-23(21)28-18-10-13-19-11-4-3-5-12-19/h3-9,11-12,14-17H,2,10,13,18H2,1H3,(H,25,26). The minimum atomic E-state index is -0.218. The Morgan fingerprint density at radius 2 is 1.50 bits per heavy atom. The summed E-state index contributed by atoms with van der Waals surface area (Å²) in [5, 5.41) is 2.94. The zero-order valence-electron chi connectivity index (χ0n) is 16.1. The van der Waals surface area contributed by atoms with Crippen LogP contribution in [0, 0.1) is 0 Å². The molecule has 0 aliphatic carbocycles. The number of nitrogens with one attached hydrogen (secondary N) is 1. The second-order valence-electron chi connectivity index (χ2n) is 6.32. The largest absolute Gasteiger partial charge is 0.493 e. The van der Waals surface area contributed by atoms with Crippen molar-refractivity contribution in [2.75, 3.05) is 18.5 Å². The maximum atomic E-state index is 12.7. The van der Waals surface area contributed by atoms with Gasteiger partial charge in [-0.2, -0.15) is 0 Å². The third-order valence-electron chi connectivity index (χ3n) is 4.28. The first-order chi connectivity index (χ1) is 13.8. The molecule has 0 atom stereocenters. The summed E-state index contributed by atoms with van der Waals surface area (Å²) in [4.78, 5) is 12.7. The van der Waals surface area contributed by atoms with Crippen molar-refractivity contribution in [3.63, 3.8) is 0 Å². The van der Waals surface area contributed by atoms with Gasteiger partial charge in [0.2, 0.25) is 0 Å². The molecular formula is C24H25NO3. The fourth-order valence-corrected chi connectivity index (χ4v) is 2.92. The second kappa shape index (κ2) is 10.2. The van der Waals surface area contributed by atoms with Crippen LogP contribution < -0.4 is 14.8 Å². The number of carbonyl (C=O) groups excluding carboxylic acids is 1. The molecule has 28 heavy (non-hydrogen) atoms. The van der Waals surface area contributed by atoms with Gasteiger partial charge in [0.25, 0.3) is 5.91 Å². The van der Waals surface area contributed by atoms with Crippen molar-refractivity contribution in [2.24, 2.45) is 0 Å². The van der Waals surface area contributed by atoms with Crippen LogP contribution in [0.2, 0.25) is 0 Å². The van der Waals surface area contributed by atoms with Crippen LogP contribution in [0.1, 0.15) is 29.3 Å². The van der Waals surface area contributed by atoms with E-state index in [2.05, 4.69) is 17.4 Å². The van der Waals surface area contributed by atoms with Crippen molar-refractivity contribution in [3.8, 4) is 11.5 Å². The maximum absolute atomic E-state index is 12.7. The van der Waals surface area contributed by atoms with Crippen LogP contribution in [-0.4, -0.2) is 19.1 Å². The molecule has 4 heteroatoms. The maximum Gasteiger partial charge on any atom is 0.259 e. The highest BCUT2D eigenvalue weighted by Crippen LogP contribution is 2.26. The SMILES string of the molecule is CCOc1ccccc1C(=O)Nc1ccccc1OCCCc1ccccc1. The molecule has 0 bridgehead atoms. The Morgan fingerprint density at radius 1 is 0.821 bits per heavy atom. The van der Waals surface area contributed by atoms with Gasteiger partial charge in [0, 0.05) is 0 Å². The minimum absolute atomic E-state index is 0.218. The van der Waals surface area contributed by atoms with E-state index in [9.17, 15) is 4.79 Å². The molecule has 0 heterocycles. The van der Waals surface area contributed by atoms with Gasteiger partial charge in [-0.3, -0.25) is 4.79 Å². The molecule has 0 aliphatic heterocycles. The lowest BCUT2D eigenvalue weighted by atomic mass is 10.1. The van der Waals surface area contributed by atoms with Crippen molar-refractivity contribution < 1.29 is 14.3 Å². The van der Waals surface area contributed by atoms with E-state index in [0.717, 1.165) is 12.8 Å². The van der Waals surface area contributed by atoms with E-state index in [1.54, 1.807) is 12.1 Å². The van der Waals surface area contributed by atoms with Gasteiger partial charge in [-0.1, -0.05) is 54.6 Å². The predicted molar refractivity (Wildman–Crippen MR) is 112 cm³/mol. The van der Waals surface area contributed by atoms with Gasteiger partial charge >= 0.3 is 0 Å². The summed E-state index contributed by atoms with van der Waals surface area (Å²) in [6.07, 6.45) is 1.86. The Hall–Kier alpha value is -3.27. The minimum Gasteiger partial charge on any atom is -0.493 e. The van der Waals surface area contributed by atoms with Gasteiger partial charge in [-0.15, -0.1) is 0 Å². The Kier molecular flexibility index (Phi) is 7.08. The molecule has 0 saturated heterocycles. The summed E-state index contributed by atoms with van der Waals surface area (Å²) < 4.78 is 11.5. The van der Waals surface area contributed by atoms with Crippen molar-refractivity contribution in [2.45, 2.75) is 19.8 Å². The molecule has 0 radical (unpaired) electrons.